The van der Waals surface area contributed by atoms with Crippen LogP contribution < -0.4 is 19.3 Å². The van der Waals surface area contributed by atoms with Crippen molar-refractivity contribution in [3.05, 3.63) is 81.8 Å². The average Bonchev–Trinajstić information content (AvgIpc) is 3.80. The predicted octanol–water partition coefficient (Wildman–Crippen LogP) is 6.66. The van der Waals surface area contributed by atoms with Crippen LogP contribution in [-0.2, 0) is 9.59 Å². The Morgan fingerprint density at radius 1 is 0.702 bits per heavy atom. The lowest BCUT2D eigenvalue weighted by molar-refractivity contribution is -0.132. The highest BCUT2D eigenvalue weighted by Crippen LogP contribution is 2.48. The third kappa shape index (κ3) is 5.28. The molecule has 13 heteroatoms. The average molecular weight is 690 g/mol. The van der Waals surface area contributed by atoms with Gasteiger partial charge in [-0.3, -0.25) is 19.2 Å². The van der Waals surface area contributed by atoms with E-state index < -0.39 is 23.8 Å². The van der Waals surface area contributed by atoms with Crippen molar-refractivity contribution in [2.45, 2.75) is 25.7 Å². The smallest absolute Gasteiger partial charge is 0.308 e. The van der Waals surface area contributed by atoms with Crippen molar-refractivity contribution in [3.8, 4) is 11.5 Å². The van der Waals surface area contributed by atoms with Gasteiger partial charge in [0.15, 0.2) is 0 Å². The summed E-state index contributed by atoms with van der Waals surface area (Å²) in [6, 6.07) is 18.3. The van der Waals surface area contributed by atoms with Crippen LogP contribution in [0.2, 0.25) is 0 Å². The van der Waals surface area contributed by atoms with E-state index in [9.17, 15) is 19.2 Å². The highest BCUT2D eigenvalue weighted by Gasteiger charge is 2.39. The lowest BCUT2D eigenvalue weighted by atomic mass is 9.95. The standard InChI is InChI=1S/C34H26Cl2N4O6S/c1-17(41)45-27-11-25-29(23-9-5-3-7-21(23)27)19(13-35)15-39(25)33(43)31-37-38-32(47-31)34(44)40-16-20(14-36)30-24-10-6-4-8-22(24)28(12-26(30)40)46-18(2)42/h3-12,19-20H,13-16H2,1-2H3. The molecule has 7 rings (SSSR count). The van der Waals surface area contributed by atoms with Crippen molar-refractivity contribution in [2.75, 3.05) is 34.6 Å². The summed E-state index contributed by atoms with van der Waals surface area (Å²) in [6.45, 7) is 3.19. The monoisotopic (exact) mass is 688 g/mol. The molecule has 238 valence electrons. The molecule has 0 fully saturated rings. The molecule has 2 aliphatic rings. The van der Waals surface area contributed by atoms with Gasteiger partial charge >= 0.3 is 11.9 Å². The van der Waals surface area contributed by atoms with Crippen molar-refractivity contribution in [2.24, 2.45) is 0 Å². The zero-order valence-corrected chi connectivity index (χ0v) is 27.5. The summed E-state index contributed by atoms with van der Waals surface area (Å²) in [7, 11) is 0. The van der Waals surface area contributed by atoms with Crippen LogP contribution in [0.25, 0.3) is 21.5 Å². The van der Waals surface area contributed by atoms with Gasteiger partial charge in [0, 0.05) is 73.4 Å². The molecular formula is C34H26Cl2N4O6S. The fourth-order valence-corrected chi connectivity index (χ4v) is 7.81. The predicted molar refractivity (Wildman–Crippen MR) is 181 cm³/mol. The minimum atomic E-state index is -0.486. The molecule has 2 aliphatic heterocycles. The second kappa shape index (κ2) is 12.2. The number of esters is 2. The van der Waals surface area contributed by atoms with Crippen LogP contribution in [0.4, 0.5) is 11.4 Å². The normalized spacial score (nSPS) is 16.8. The number of carbonyl (C=O) groups excluding carboxylic acids is 4. The van der Waals surface area contributed by atoms with Gasteiger partial charge in [0.05, 0.1) is 11.4 Å². The number of halogens is 2. The first-order valence-electron chi connectivity index (χ1n) is 14.8. The van der Waals surface area contributed by atoms with E-state index in [1.54, 1.807) is 21.9 Å². The summed E-state index contributed by atoms with van der Waals surface area (Å²) in [5, 5.41) is 11.4. The molecule has 10 nitrogen and oxygen atoms in total. The Morgan fingerprint density at radius 2 is 1.09 bits per heavy atom. The first-order chi connectivity index (χ1) is 22.7. The highest BCUT2D eigenvalue weighted by molar-refractivity contribution is 7.15. The van der Waals surface area contributed by atoms with Crippen LogP contribution in [0.3, 0.4) is 0 Å². The van der Waals surface area contributed by atoms with E-state index in [0.29, 0.717) is 22.9 Å². The van der Waals surface area contributed by atoms with Gasteiger partial charge in [0.2, 0.25) is 10.0 Å². The molecule has 0 bridgehead atoms. The minimum Gasteiger partial charge on any atom is -0.426 e. The van der Waals surface area contributed by atoms with Gasteiger partial charge in [-0.15, -0.1) is 33.4 Å². The van der Waals surface area contributed by atoms with Crippen LogP contribution in [0.5, 0.6) is 11.5 Å². The second-order valence-corrected chi connectivity index (χ2v) is 12.9. The second-order valence-electron chi connectivity index (χ2n) is 11.3. The first-order valence-corrected chi connectivity index (χ1v) is 16.7. The third-order valence-corrected chi connectivity index (χ3v) is 10.1. The maximum atomic E-state index is 14.0. The van der Waals surface area contributed by atoms with Gasteiger partial charge in [-0.05, 0) is 21.9 Å². The molecule has 2 atom stereocenters. The third-order valence-electron chi connectivity index (χ3n) is 8.42. The van der Waals surface area contributed by atoms with Gasteiger partial charge < -0.3 is 19.3 Å². The Kier molecular flexibility index (Phi) is 8.07. The van der Waals surface area contributed by atoms with Crippen LogP contribution in [0.1, 0.15) is 56.4 Å². The Labute approximate surface area is 282 Å². The van der Waals surface area contributed by atoms with Crippen LogP contribution in [0.15, 0.2) is 60.7 Å². The van der Waals surface area contributed by atoms with E-state index >= 15 is 0 Å². The molecule has 3 heterocycles. The van der Waals surface area contributed by atoms with Crippen molar-refractivity contribution >= 4 is 91.2 Å². The zero-order valence-electron chi connectivity index (χ0n) is 25.2. The molecule has 0 aliphatic carbocycles. The number of nitrogens with zero attached hydrogens (tertiary/aromatic N) is 4. The van der Waals surface area contributed by atoms with Crippen LogP contribution >= 0.6 is 34.5 Å². The van der Waals surface area contributed by atoms with Crippen LogP contribution in [-0.4, -0.2) is 58.8 Å². The van der Waals surface area contributed by atoms with Crippen LogP contribution in [0, 0.1) is 0 Å². The molecule has 4 aromatic carbocycles. The van der Waals surface area contributed by atoms with E-state index in [4.69, 9.17) is 32.7 Å². The maximum absolute atomic E-state index is 14.0. The molecule has 0 N–H and O–H groups in total. The molecule has 47 heavy (non-hydrogen) atoms. The number of amides is 2. The first kappa shape index (κ1) is 31.0. The number of hydrogen-bond donors (Lipinski definition) is 0. The number of anilines is 2. The van der Waals surface area contributed by atoms with E-state index in [2.05, 4.69) is 10.2 Å². The molecule has 0 radical (unpaired) electrons. The number of alkyl halides is 2. The SMILES string of the molecule is CC(=O)Oc1cc2c(c3ccccc13)C(CCl)CN2C(=O)c1nnc(C(=O)N2CC(CCl)c3c2cc(OC(C)=O)c2ccccc32)s1. The Morgan fingerprint density at radius 3 is 1.45 bits per heavy atom. The summed E-state index contributed by atoms with van der Waals surface area (Å²) in [5.74, 6) is -1.08. The van der Waals surface area contributed by atoms with Crippen molar-refractivity contribution in [1.82, 2.24) is 10.2 Å². The van der Waals surface area contributed by atoms with Gasteiger partial charge in [0.1, 0.15) is 11.5 Å². The summed E-state index contributed by atoms with van der Waals surface area (Å²) in [6.07, 6.45) is 0. The van der Waals surface area contributed by atoms with Crippen molar-refractivity contribution in [3.63, 3.8) is 0 Å². The Bertz CT molecular complexity index is 1990. The number of carbonyl (C=O) groups is 4. The molecule has 0 saturated carbocycles. The number of hydrogen-bond acceptors (Lipinski definition) is 9. The van der Waals surface area contributed by atoms with E-state index in [-0.39, 0.29) is 46.7 Å². The molecule has 0 saturated heterocycles. The maximum Gasteiger partial charge on any atom is 0.308 e. The fourth-order valence-electron chi connectivity index (χ4n) is 6.57. The fraction of sp³-hybridized carbons (Fsp3) is 0.235. The molecular weight excluding hydrogens is 663 g/mol. The topological polar surface area (TPSA) is 119 Å². The highest BCUT2D eigenvalue weighted by atomic mass is 35.5. The van der Waals surface area contributed by atoms with Gasteiger partial charge in [-0.1, -0.05) is 59.9 Å². The number of benzene rings is 4. The Hall–Kier alpha value is -4.58. The van der Waals surface area contributed by atoms with Gasteiger partial charge in [0.25, 0.3) is 11.8 Å². The minimum absolute atomic E-state index is 0.0177. The van der Waals surface area contributed by atoms with Crippen molar-refractivity contribution < 1.29 is 28.7 Å². The number of aromatic nitrogens is 2. The van der Waals surface area contributed by atoms with E-state index in [1.165, 1.54) is 13.8 Å². The number of fused-ring (bicyclic) bond motifs is 6. The quantitative estimate of drug-likeness (QED) is 0.110. The number of rotatable bonds is 6. The zero-order chi connectivity index (χ0) is 33.0. The van der Waals surface area contributed by atoms with E-state index in [0.717, 1.165) is 44.0 Å². The number of ether oxygens (including phenoxy) is 2. The summed E-state index contributed by atoms with van der Waals surface area (Å²) >= 11 is 13.7. The van der Waals surface area contributed by atoms with Crippen molar-refractivity contribution in [1.29, 1.82) is 0 Å². The molecule has 2 unspecified atom stereocenters. The van der Waals surface area contributed by atoms with Gasteiger partial charge in [-0.2, -0.15) is 0 Å². The Balaban J connectivity index is 1.24. The van der Waals surface area contributed by atoms with E-state index in [1.807, 2.05) is 48.5 Å². The largest absolute Gasteiger partial charge is 0.426 e. The summed E-state index contributed by atoms with van der Waals surface area (Å²) < 4.78 is 11.1. The molecule has 0 spiro atoms. The molecule has 1 aromatic heterocycles. The molecule has 5 aromatic rings. The summed E-state index contributed by atoms with van der Waals surface area (Å²) in [4.78, 5) is 54.9. The summed E-state index contributed by atoms with van der Waals surface area (Å²) in [5.41, 5.74) is 2.86. The lowest BCUT2D eigenvalue weighted by Gasteiger charge is -2.18. The lowest BCUT2D eigenvalue weighted by Crippen LogP contribution is -2.30. The molecule has 2 amide bonds. The van der Waals surface area contributed by atoms with Gasteiger partial charge in [-0.25, -0.2) is 0 Å².